The zero-order valence-electron chi connectivity index (χ0n) is 21.0. The summed E-state index contributed by atoms with van der Waals surface area (Å²) in [6.07, 6.45) is 3.51. The van der Waals surface area contributed by atoms with E-state index in [0.717, 1.165) is 48.6 Å². The number of benzene rings is 2. The van der Waals surface area contributed by atoms with Crippen molar-refractivity contribution in [1.82, 2.24) is 15.3 Å². The lowest BCUT2D eigenvalue weighted by Crippen LogP contribution is -2.28. The van der Waals surface area contributed by atoms with Crippen LogP contribution in [0, 0.1) is 11.8 Å². The molecule has 1 amide bonds. The van der Waals surface area contributed by atoms with Crippen molar-refractivity contribution in [3.05, 3.63) is 59.8 Å². The van der Waals surface area contributed by atoms with Crippen molar-refractivity contribution in [1.29, 1.82) is 0 Å². The number of rotatable bonds is 3. The summed E-state index contributed by atoms with van der Waals surface area (Å²) >= 11 is 0. The van der Waals surface area contributed by atoms with Crippen molar-refractivity contribution >= 4 is 23.2 Å². The van der Waals surface area contributed by atoms with Crippen LogP contribution >= 0.6 is 0 Å². The molecule has 2 aromatic carbocycles. The van der Waals surface area contributed by atoms with Gasteiger partial charge in [0.2, 0.25) is 5.95 Å². The first-order valence-corrected chi connectivity index (χ1v) is 12.7. The number of anilines is 3. The molecule has 37 heavy (non-hydrogen) atoms. The highest BCUT2D eigenvalue weighted by Gasteiger charge is 2.18. The Hall–Kier alpha value is -3.69. The molecule has 9 heteroatoms. The van der Waals surface area contributed by atoms with E-state index in [1.54, 1.807) is 24.4 Å². The molecule has 9 nitrogen and oxygen atoms in total. The molecule has 3 aromatic rings. The van der Waals surface area contributed by atoms with Gasteiger partial charge >= 0.3 is 0 Å². The SMILES string of the molecule is CC1CCOCc2cc(ccc2OCC2CCOC2)Nc2nccc(n2)-c2ccc(cc2N)C(=O)NC1. The van der Waals surface area contributed by atoms with Crippen molar-refractivity contribution in [2.24, 2.45) is 11.8 Å². The Kier molecular flexibility index (Phi) is 7.82. The minimum Gasteiger partial charge on any atom is -0.493 e. The van der Waals surface area contributed by atoms with Gasteiger partial charge in [-0.3, -0.25) is 4.79 Å². The Morgan fingerprint density at radius 3 is 2.84 bits per heavy atom. The largest absolute Gasteiger partial charge is 0.493 e. The Morgan fingerprint density at radius 2 is 2.00 bits per heavy atom. The molecule has 2 atom stereocenters. The molecule has 1 fully saturated rings. The summed E-state index contributed by atoms with van der Waals surface area (Å²) in [7, 11) is 0. The van der Waals surface area contributed by atoms with Gasteiger partial charge in [-0.1, -0.05) is 6.92 Å². The van der Waals surface area contributed by atoms with Crippen molar-refractivity contribution in [3.63, 3.8) is 0 Å². The molecule has 0 saturated carbocycles. The van der Waals surface area contributed by atoms with Crippen molar-refractivity contribution in [2.75, 3.05) is 44.0 Å². The average molecular weight is 504 g/mol. The van der Waals surface area contributed by atoms with E-state index in [4.69, 9.17) is 19.9 Å². The number of nitrogen functional groups attached to an aromatic ring is 1. The van der Waals surface area contributed by atoms with Gasteiger partial charge in [0.15, 0.2) is 0 Å². The first kappa shape index (κ1) is 25.0. The number of nitrogens with two attached hydrogens (primary N) is 1. The second-order valence-corrected chi connectivity index (χ2v) is 9.71. The summed E-state index contributed by atoms with van der Waals surface area (Å²) in [6, 6.07) is 13.0. The standard InChI is InChI=1S/C28H33N5O4/c1-18-7-10-36-17-21-12-22(3-5-26(21)37-16-19-8-11-35-15-19)32-28-30-9-6-25(33-28)23-4-2-20(13-24(23)29)27(34)31-14-18/h2-6,9,12-13,18-19H,7-8,10-11,14-17,29H2,1H3,(H,31,34)(H,30,32,33). The Labute approximate surface area is 216 Å². The van der Waals surface area contributed by atoms with Crippen LogP contribution in [0.5, 0.6) is 5.75 Å². The molecule has 1 aromatic heterocycles. The predicted molar refractivity (Wildman–Crippen MR) is 142 cm³/mol. The summed E-state index contributed by atoms with van der Waals surface area (Å²) in [4.78, 5) is 21.7. The zero-order valence-corrected chi connectivity index (χ0v) is 21.0. The molecule has 4 heterocycles. The Morgan fingerprint density at radius 1 is 1.11 bits per heavy atom. The fraction of sp³-hybridized carbons (Fsp3) is 0.393. The maximum atomic E-state index is 12.7. The summed E-state index contributed by atoms with van der Waals surface area (Å²) < 4.78 is 17.7. The molecule has 0 aliphatic carbocycles. The van der Waals surface area contributed by atoms with Gasteiger partial charge in [-0.2, -0.15) is 0 Å². The van der Waals surface area contributed by atoms with E-state index in [9.17, 15) is 4.79 Å². The second kappa shape index (κ2) is 11.6. The van der Waals surface area contributed by atoms with Crippen molar-refractivity contribution < 1.29 is 19.0 Å². The number of fused-ring (bicyclic) bond motifs is 9. The molecule has 3 aliphatic rings. The van der Waals surface area contributed by atoms with Crippen molar-refractivity contribution in [3.8, 4) is 17.0 Å². The van der Waals surface area contributed by atoms with Crippen LogP contribution in [0.2, 0.25) is 0 Å². The summed E-state index contributed by atoms with van der Waals surface area (Å²) in [5.74, 6) is 1.74. The quantitative estimate of drug-likeness (QED) is 0.456. The molecule has 6 bridgehead atoms. The molecule has 4 N–H and O–H groups in total. The number of nitrogens with one attached hydrogen (secondary N) is 2. The van der Waals surface area contributed by atoms with Gasteiger partial charge in [0.1, 0.15) is 5.75 Å². The molecule has 6 rings (SSSR count). The molecule has 194 valence electrons. The highest BCUT2D eigenvalue weighted by atomic mass is 16.5. The second-order valence-electron chi connectivity index (χ2n) is 9.71. The van der Waals surface area contributed by atoms with E-state index in [2.05, 4.69) is 27.5 Å². The van der Waals surface area contributed by atoms with Gasteiger partial charge in [0, 0.05) is 59.9 Å². The number of hydrogen-bond acceptors (Lipinski definition) is 8. The van der Waals surface area contributed by atoms with Gasteiger partial charge in [0.25, 0.3) is 5.91 Å². The number of aromatic nitrogens is 2. The first-order chi connectivity index (χ1) is 18.0. The van der Waals surface area contributed by atoms with Crippen LogP contribution in [0.4, 0.5) is 17.3 Å². The van der Waals surface area contributed by atoms with Gasteiger partial charge in [-0.25, -0.2) is 9.97 Å². The minimum absolute atomic E-state index is 0.153. The van der Waals surface area contributed by atoms with E-state index in [1.165, 1.54) is 0 Å². The summed E-state index contributed by atoms with van der Waals surface area (Å²) in [6.45, 7) is 5.76. The van der Waals surface area contributed by atoms with E-state index in [1.807, 2.05) is 24.3 Å². The maximum absolute atomic E-state index is 12.7. The van der Waals surface area contributed by atoms with Gasteiger partial charge in [0.05, 0.1) is 25.5 Å². The minimum atomic E-state index is -0.153. The van der Waals surface area contributed by atoms with Gasteiger partial charge in [-0.05, 0) is 61.2 Å². The molecular formula is C28H33N5O4. The van der Waals surface area contributed by atoms with Crippen LogP contribution in [0.15, 0.2) is 48.7 Å². The normalized spacial score (nSPS) is 20.3. The third-order valence-corrected chi connectivity index (χ3v) is 6.68. The third kappa shape index (κ3) is 6.36. The topological polar surface area (TPSA) is 121 Å². The first-order valence-electron chi connectivity index (χ1n) is 12.7. The Bertz CT molecular complexity index is 1240. The van der Waals surface area contributed by atoms with Crippen LogP contribution in [0.25, 0.3) is 11.3 Å². The average Bonchev–Trinajstić information content (AvgIpc) is 3.42. The molecular weight excluding hydrogens is 470 g/mol. The summed E-state index contributed by atoms with van der Waals surface area (Å²) in [5.41, 5.74) is 10.5. The molecule has 2 unspecified atom stereocenters. The number of carbonyl (C=O) groups excluding carboxylic acids is 1. The fourth-order valence-corrected chi connectivity index (χ4v) is 4.41. The number of amides is 1. The monoisotopic (exact) mass is 503 g/mol. The van der Waals surface area contributed by atoms with E-state index in [0.29, 0.717) is 55.2 Å². The van der Waals surface area contributed by atoms with Crippen LogP contribution in [-0.4, -0.2) is 48.8 Å². The number of ether oxygens (including phenoxy) is 3. The highest BCUT2D eigenvalue weighted by molar-refractivity contribution is 5.96. The number of hydrogen-bond donors (Lipinski definition) is 3. The van der Waals surface area contributed by atoms with E-state index in [-0.39, 0.29) is 11.8 Å². The zero-order chi connectivity index (χ0) is 25.6. The Balaban J connectivity index is 1.43. The number of carbonyl (C=O) groups is 1. The lowest BCUT2D eigenvalue weighted by atomic mass is 10.0. The molecule has 1 saturated heterocycles. The maximum Gasteiger partial charge on any atom is 0.251 e. The number of nitrogens with zero attached hydrogens (tertiary/aromatic N) is 2. The highest BCUT2D eigenvalue weighted by Crippen LogP contribution is 2.29. The van der Waals surface area contributed by atoms with Crippen LogP contribution in [0.3, 0.4) is 0 Å². The third-order valence-electron chi connectivity index (χ3n) is 6.68. The van der Waals surface area contributed by atoms with E-state index >= 15 is 0 Å². The van der Waals surface area contributed by atoms with Crippen LogP contribution < -0.4 is 21.1 Å². The lowest BCUT2D eigenvalue weighted by Gasteiger charge is -2.17. The van der Waals surface area contributed by atoms with E-state index < -0.39 is 0 Å². The van der Waals surface area contributed by atoms with Crippen LogP contribution in [-0.2, 0) is 16.1 Å². The van der Waals surface area contributed by atoms with Gasteiger partial charge in [-0.15, -0.1) is 0 Å². The van der Waals surface area contributed by atoms with Crippen molar-refractivity contribution in [2.45, 2.75) is 26.4 Å². The lowest BCUT2D eigenvalue weighted by molar-refractivity contribution is 0.0923. The smallest absolute Gasteiger partial charge is 0.251 e. The molecule has 3 aliphatic heterocycles. The predicted octanol–water partition coefficient (Wildman–Crippen LogP) is 4.17. The van der Waals surface area contributed by atoms with Gasteiger partial charge < -0.3 is 30.6 Å². The summed E-state index contributed by atoms with van der Waals surface area (Å²) in [5, 5.41) is 6.29. The molecule has 0 radical (unpaired) electrons. The van der Waals surface area contributed by atoms with Crippen LogP contribution in [0.1, 0.15) is 35.7 Å². The fourth-order valence-electron chi connectivity index (χ4n) is 4.41. The molecule has 0 spiro atoms.